The fraction of sp³-hybridized carbons (Fsp3) is 0.385. The van der Waals surface area contributed by atoms with E-state index >= 15 is 0 Å². The van der Waals surface area contributed by atoms with Crippen LogP contribution in [0.4, 0.5) is 0 Å². The van der Waals surface area contributed by atoms with Crippen molar-refractivity contribution in [2.24, 2.45) is 5.73 Å². The maximum atomic E-state index is 5.98. The molecule has 1 atom stereocenters. The quantitative estimate of drug-likeness (QED) is 0.825. The van der Waals surface area contributed by atoms with E-state index in [9.17, 15) is 0 Å². The van der Waals surface area contributed by atoms with Crippen molar-refractivity contribution in [1.82, 2.24) is 0 Å². The molecule has 2 heteroatoms. The molecule has 1 unspecified atom stereocenters. The average Bonchev–Trinajstić information content (AvgIpc) is 2.25. The molecule has 82 valence electrons. The van der Waals surface area contributed by atoms with Gasteiger partial charge in [-0.3, -0.25) is 0 Å². The zero-order valence-corrected chi connectivity index (χ0v) is 10.1. The van der Waals surface area contributed by atoms with Crippen molar-refractivity contribution < 1.29 is 0 Å². The van der Waals surface area contributed by atoms with Gasteiger partial charge in [0.15, 0.2) is 0 Å². The molecule has 0 aliphatic carbocycles. The van der Waals surface area contributed by atoms with Gasteiger partial charge in [-0.2, -0.15) is 0 Å². The highest BCUT2D eigenvalue weighted by molar-refractivity contribution is 6.30. The van der Waals surface area contributed by atoms with Crippen LogP contribution in [0.25, 0.3) is 6.08 Å². The standard InChI is InChI=1S/C13H18ClN/c1-3-10(2)13-7-6-12(14)9-11(13)5-4-8-15/h4-7,9-10H,3,8,15H2,1-2H3/b5-4+. The molecule has 0 spiro atoms. The highest BCUT2D eigenvalue weighted by Gasteiger charge is 2.07. The Kier molecular flexibility index (Phi) is 4.86. The Balaban J connectivity index is 3.08. The van der Waals surface area contributed by atoms with E-state index in [1.54, 1.807) is 0 Å². The van der Waals surface area contributed by atoms with E-state index in [-0.39, 0.29) is 0 Å². The Labute approximate surface area is 96.9 Å². The number of hydrogen-bond donors (Lipinski definition) is 1. The summed E-state index contributed by atoms with van der Waals surface area (Å²) in [5, 5.41) is 0.777. The third-order valence-corrected chi connectivity index (χ3v) is 2.86. The van der Waals surface area contributed by atoms with Gasteiger partial charge < -0.3 is 5.73 Å². The second kappa shape index (κ2) is 5.94. The molecule has 1 aromatic rings. The van der Waals surface area contributed by atoms with Crippen molar-refractivity contribution in [2.45, 2.75) is 26.2 Å². The SMILES string of the molecule is CCC(C)c1ccc(Cl)cc1/C=C/CN. The molecule has 0 aromatic heterocycles. The van der Waals surface area contributed by atoms with Crippen LogP contribution in [-0.2, 0) is 0 Å². The lowest BCUT2D eigenvalue weighted by Crippen LogP contribution is -1.96. The largest absolute Gasteiger partial charge is 0.327 e. The fourth-order valence-corrected chi connectivity index (χ4v) is 1.73. The van der Waals surface area contributed by atoms with Crippen molar-refractivity contribution in [3.8, 4) is 0 Å². The molecular formula is C13H18ClN. The molecule has 1 aromatic carbocycles. The first kappa shape index (κ1) is 12.3. The summed E-state index contributed by atoms with van der Waals surface area (Å²) in [5.41, 5.74) is 7.98. The first-order chi connectivity index (χ1) is 7.19. The molecule has 1 nitrogen and oxygen atoms in total. The summed E-state index contributed by atoms with van der Waals surface area (Å²) in [5.74, 6) is 0.555. The molecule has 2 N–H and O–H groups in total. The van der Waals surface area contributed by atoms with Crippen LogP contribution >= 0.6 is 11.6 Å². The monoisotopic (exact) mass is 223 g/mol. The first-order valence-corrected chi connectivity index (χ1v) is 5.72. The van der Waals surface area contributed by atoms with E-state index in [1.165, 1.54) is 11.1 Å². The summed E-state index contributed by atoms with van der Waals surface area (Å²) in [6.45, 7) is 4.98. The molecule has 0 saturated carbocycles. The zero-order valence-electron chi connectivity index (χ0n) is 9.33. The van der Waals surface area contributed by atoms with Gasteiger partial charge in [-0.15, -0.1) is 0 Å². The van der Waals surface area contributed by atoms with E-state index < -0.39 is 0 Å². The van der Waals surface area contributed by atoms with Crippen LogP contribution in [0.5, 0.6) is 0 Å². The maximum absolute atomic E-state index is 5.98. The zero-order chi connectivity index (χ0) is 11.3. The molecule has 0 saturated heterocycles. The van der Waals surface area contributed by atoms with Crippen molar-refractivity contribution in [3.05, 3.63) is 40.4 Å². The summed E-state index contributed by atoms with van der Waals surface area (Å²) in [6.07, 6.45) is 5.13. The average molecular weight is 224 g/mol. The lowest BCUT2D eigenvalue weighted by atomic mass is 9.93. The first-order valence-electron chi connectivity index (χ1n) is 5.35. The summed E-state index contributed by atoms with van der Waals surface area (Å²) >= 11 is 5.98. The molecule has 0 fully saturated rings. The second-order valence-electron chi connectivity index (χ2n) is 3.72. The second-order valence-corrected chi connectivity index (χ2v) is 4.16. The van der Waals surface area contributed by atoms with Crippen LogP contribution in [0.1, 0.15) is 37.3 Å². The molecule has 0 aliphatic rings. The summed E-state index contributed by atoms with van der Waals surface area (Å²) < 4.78 is 0. The van der Waals surface area contributed by atoms with Gasteiger partial charge in [0, 0.05) is 11.6 Å². The Morgan fingerprint density at radius 2 is 2.20 bits per heavy atom. The normalized spacial score (nSPS) is 13.3. The third-order valence-electron chi connectivity index (χ3n) is 2.63. The van der Waals surface area contributed by atoms with Gasteiger partial charge in [-0.05, 0) is 35.6 Å². The van der Waals surface area contributed by atoms with E-state index in [2.05, 4.69) is 19.9 Å². The predicted molar refractivity (Wildman–Crippen MR) is 68.2 cm³/mol. The van der Waals surface area contributed by atoms with Crippen molar-refractivity contribution in [2.75, 3.05) is 6.54 Å². The third kappa shape index (κ3) is 3.37. The predicted octanol–water partition coefficient (Wildman–Crippen LogP) is 3.83. The molecular weight excluding hydrogens is 206 g/mol. The van der Waals surface area contributed by atoms with Crippen LogP contribution in [0.2, 0.25) is 5.02 Å². The number of rotatable bonds is 4. The van der Waals surface area contributed by atoms with Gasteiger partial charge >= 0.3 is 0 Å². The van der Waals surface area contributed by atoms with E-state index in [0.29, 0.717) is 12.5 Å². The molecule has 0 bridgehead atoms. The molecule has 0 radical (unpaired) electrons. The van der Waals surface area contributed by atoms with Gasteiger partial charge in [0.05, 0.1) is 0 Å². The lowest BCUT2D eigenvalue weighted by molar-refractivity contribution is 0.732. The van der Waals surface area contributed by atoms with E-state index in [4.69, 9.17) is 17.3 Å². The van der Waals surface area contributed by atoms with Gasteiger partial charge in [-0.1, -0.05) is 43.7 Å². The minimum absolute atomic E-state index is 0.555. The summed E-state index contributed by atoms with van der Waals surface area (Å²) in [7, 11) is 0. The van der Waals surface area contributed by atoms with Gasteiger partial charge in [-0.25, -0.2) is 0 Å². The Morgan fingerprint density at radius 3 is 2.80 bits per heavy atom. The van der Waals surface area contributed by atoms with Crippen LogP contribution in [0.15, 0.2) is 24.3 Å². The molecule has 15 heavy (non-hydrogen) atoms. The van der Waals surface area contributed by atoms with Gasteiger partial charge in [0.2, 0.25) is 0 Å². The molecule has 0 amide bonds. The number of nitrogens with two attached hydrogens (primary N) is 1. The van der Waals surface area contributed by atoms with Gasteiger partial charge in [0.25, 0.3) is 0 Å². The van der Waals surface area contributed by atoms with Crippen molar-refractivity contribution >= 4 is 17.7 Å². The topological polar surface area (TPSA) is 26.0 Å². The minimum Gasteiger partial charge on any atom is -0.327 e. The Bertz CT molecular complexity index is 344. The highest BCUT2D eigenvalue weighted by Crippen LogP contribution is 2.26. The Hall–Kier alpha value is -0.790. The number of hydrogen-bond acceptors (Lipinski definition) is 1. The smallest absolute Gasteiger partial charge is 0.0412 e. The molecule has 0 aliphatic heterocycles. The summed E-state index contributed by atoms with van der Waals surface area (Å²) in [4.78, 5) is 0. The van der Waals surface area contributed by atoms with Crippen LogP contribution < -0.4 is 5.73 Å². The van der Waals surface area contributed by atoms with Crippen LogP contribution in [-0.4, -0.2) is 6.54 Å². The van der Waals surface area contributed by atoms with Crippen LogP contribution in [0, 0.1) is 0 Å². The van der Waals surface area contributed by atoms with Crippen LogP contribution in [0.3, 0.4) is 0 Å². The van der Waals surface area contributed by atoms with Crippen molar-refractivity contribution in [3.63, 3.8) is 0 Å². The fourth-order valence-electron chi connectivity index (χ4n) is 1.55. The summed E-state index contributed by atoms with van der Waals surface area (Å²) in [6, 6.07) is 6.05. The molecule has 0 heterocycles. The number of halogens is 1. The maximum Gasteiger partial charge on any atom is 0.0412 e. The van der Waals surface area contributed by atoms with E-state index in [1.807, 2.05) is 24.3 Å². The highest BCUT2D eigenvalue weighted by atomic mass is 35.5. The number of benzene rings is 1. The van der Waals surface area contributed by atoms with Crippen molar-refractivity contribution in [1.29, 1.82) is 0 Å². The lowest BCUT2D eigenvalue weighted by Gasteiger charge is -2.12. The van der Waals surface area contributed by atoms with Gasteiger partial charge in [0.1, 0.15) is 0 Å². The Morgan fingerprint density at radius 1 is 1.47 bits per heavy atom. The van der Waals surface area contributed by atoms with E-state index in [0.717, 1.165) is 11.4 Å². The molecule has 1 rings (SSSR count). The minimum atomic E-state index is 0.555.